The molecule has 1 aliphatic heterocycles. The Kier molecular flexibility index (Phi) is 2.15. The van der Waals surface area contributed by atoms with Gasteiger partial charge in [0.05, 0.1) is 6.67 Å². The second-order valence-electron chi connectivity index (χ2n) is 2.13. The molecule has 0 radical (unpaired) electrons. The highest BCUT2D eigenvalue weighted by atomic mass is 15.3. The van der Waals surface area contributed by atoms with Crippen LogP contribution in [-0.4, -0.2) is 16.5 Å². The zero-order valence-corrected chi connectivity index (χ0v) is 6.20. The fourth-order valence-electron chi connectivity index (χ4n) is 0.861. The van der Waals surface area contributed by atoms with Gasteiger partial charge in [0, 0.05) is 18.6 Å². The number of nitrogens with zero attached hydrogens (tertiary/aromatic N) is 2. The highest BCUT2D eigenvalue weighted by Gasteiger charge is 2.04. The van der Waals surface area contributed by atoms with Gasteiger partial charge in [0.25, 0.3) is 0 Å². The van der Waals surface area contributed by atoms with Crippen LogP contribution in [-0.2, 0) is 0 Å². The first-order valence-corrected chi connectivity index (χ1v) is 3.32. The Morgan fingerprint density at radius 1 is 1.40 bits per heavy atom. The van der Waals surface area contributed by atoms with E-state index in [0.29, 0.717) is 0 Å². The van der Waals surface area contributed by atoms with Crippen LogP contribution < -0.4 is 0 Å². The Labute approximate surface area is 61.7 Å². The maximum atomic E-state index is 3.66. The van der Waals surface area contributed by atoms with E-state index in [1.54, 1.807) is 6.20 Å². The topological polar surface area (TPSA) is 6.48 Å². The first kappa shape index (κ1) is 6.93. The van der Waals surface area contributed by atoms with Gasteiger partial charge in [-0.2, -0.15) is 0 Å². The average molecular weight is 136 g/mol. The molecule has 1 aliphatic rings. The molecule has 0 spiro atoms. The monoisotopic (exact) mass is 136 g/mol. The normalized spacial score (nSPS) is 17.3. The van der Waals surface area contributed by atoms with Gasteiger partial charge in [-0.1, -0.05) is 12.7 Å². The van der Waals surface area contributed by atoms with Crippen molar-refractivity contribution in [2.45, 2.75) is 6.92 Å². The van der Waals surface area contributed by atoms with Crippen LogP contribution >= 0.6 is 0 Å². The van der Waals surface area contributed by atoms with Crippen LogP contribution in [0.1, 0.15) is 6.92 Å². The lowest BCUT2D eigenvalue weighted by molar-refractivity contribution is 0.392. The lowest BCUT2D eigenvalue weighted by Crippen LogP contribution is -2.16. The Morgan fingerprint density at radius 3 is 2.60 bits per heavy atom. The molecule has 0 aromatic rings. The third kappa shape index (κ3) is 1.41. The molecule has 1 heterocycles. The summed E-state index contributed by atoms with van der Waals surface area (Å²) >= 11 is 0. The van der Waals surface area contributed by atoms with E-state index in [2.05, 4.69) is 11.5 Å². The summed E-state index contributed by atoms with van der Waals surface area (Å²) in [6.45, 7) is 6.55. The van der Waals surface area contributed by atoms with Gasteiger partial charge in [-0.05, 0) is 13.1 Å². The first-order chi connectivity index (χ1) is 4.86. The summed E-state index contributed by atoms with van der Waals surface area (Å²) in [6.07, 6.45) is 9.85. The molecule has 54 valence electrons. The van der Waals surface area contributed by atoms with Crippen molar-refractivity contribution < 1.29 is 0 Å². The smallest absolute Gasteiger partial charge is 0.0977 e. The van der Waals surface area contributed by atoms with Gasteiger partial charge < -0.3 is 9.80 Å². The van der Waals surface area contributed by atoms with Crippen LogP contribution in [0.15, 0.2) is 37.5 Å². The van der Waals surface area contributed by atoms with Gasteiger partial charge in [0.15, 0.2) is 0 Å². The SMILES string of the molecule is C=CN1C=CN(C=CC)C1. The molecule has 2 heteroatoms. The molecular weight excluding hydrogens is 124 g/mol. The second kappa shape index (κ2) is 3.11. The predicted molar refractivity (Wildman–Crippen MR) is 42.7 cm³/mol. The fourth-order valence-corrected chi connectivity index (χ4v) is 0.861. The van der Waals surface area contributed by atoms with Crippen molar-refractivity contribution in [3.8, 4) is 0 Å². The third-order valence-corrected chi connectivity index (χ3v) is 1.35. The van der Waals surface area contributed by atoms with Crippen LogP contribution in [0, 0.1) is 0 Å². The van der Waals surface area contributed by atoms with Crippen molar-refractivity contribution in [3.63, 3.8) is 0 Å². The van der Waals surface area contributed by atoms with E-state index in [4.69, 9.17) is 0 Å². The second-order valence-corrected chi connectivity index (χ2v) is 2.13. The molecule has 0 aromatic carbocycles. The van der Waals surface area contributed by atoms with Gasteiger partial charge in [0.2, 0.25) is 0 Å². The summed E-state index contributed by atoms with van der Waals surface area (Å²) in [5.74, 6) is 0. The molecule has 0 saturated heterocycles. The highest BCUT2D eigenvalue weighted by molar-refractivity contribution is 4.99. The lowest BCUT2D eigenvalue weighted by atomic mass is 10.6. The Bertz CT molecular complexity index is 170. The van der Waals surface area contributed by atoms with Gasteiger partial charge >= 0.3 is 0 Å². The predicted octanol–water partition coefficient (Wildman–Crippen LogP) is 1.71. The van der Waals surface area contributed by atoms with Gasteiger partial charge in [-0.15, -0.1) is 0 Å². The molecule has 0 unspecified atom stereocenters. The molecule has 0 aromatic heterocycles. The fraction of sp³-hybridized carbons (Fsp3) is 0.250. The van der Waals surface area contributed by atoms with Crippen LogP contribution in [0.3, 0.4) is 0 Å². The summed E-state index contributed by atoms with van der Waals surface area (Å²) in [5.41, 5.74) is 0. The molecule has 2 nitrogen and oxygen atoms in total. The van der Waals surface area contributed by atoms with Crippen molar-refractivity contribution in [2.24, 2.45) is 0 Å². The van der Waals surface area contributed by atoms with Gasteiger partial charge in [0.1, 0.15) is 0 Å². The highest BCUT2D eigenvalue weighted by Crippen LogP contribution is 2.05. The maximum absolute atomic E-state index is 3.66. The van der Waals surface area contributed by atoms with Crippen LogP contribution in [0.4, 0.5) is 0 Å². The molecule has 10 heavy (non-hydrogen) atoms. The molecule has 0 aliphatic carbocycles. The van der Waals surface area contributed by atoms with Crippen LogP contribution in [0.25, 0.3) is 0 Å². The van der Waals surface area contributed by atoms with Crippen molar-refractivity contribution in [2.75, 3.05) is 6.67 Å². The summed E-state index contributed by atoms with van der Waals surface area (Å²) in [7, 11) is 0. The maximum Gasteiger partial charge on any atom is 0.0977 e. The molecule has 0 bridgehead atoms. The average Bonchev–Trinajstić information content (AvgIpc) is 2.37. The minimum Gasteiger partial charge on any atom is -0.335 e. The van der Waals surface area contributed by atoms with E-state index in [9.17, 15) is 0 Å². The molecule has 0 atom stereocenters. The van der Waals surface area contributed by atoms with Crippen molar-refractivity contribution >= 4 is 0 Å². The molecule has 0 N–H and O–H groups in total. The first-order valence-electron chi connectivity index (χ1n) is 3.32. The van der Waals surface area contributed by atoms with Crippen LogP contribution in [0.2, 0.25) is 0 Å². The third-order valence-electron chi connectivity index (χ3n) is 1.35. The summed E-state index contributed by atoms with van der Waals surface area (Å²) < 4.78 is 0. The minimum absolute atomic E-state index is 0.883. The van der Waals surface area contributed by atoms with E-state index in [-0.39, 0.29) is 0 Å². The number of hydrogen-bond donors (Lipinski definition) is 0. The standard InChI is InChI=1S/C8H12N2/c1-3-5-10-7-6-9(4-2)8-10/h3-7H,2,8H2,1H3. The Morgan fingerprint density at radius 2 is 2.10 bits per heavy atom. The van der Waals surface area contributed by atoms with Crippen molar-refractivity contribution in [3.05, 3.63) is 37.5 Å². The number of rotatable bonds is 2. The van der Waals surface area contributed by atoms with Gasteiger partial charge in [-0.3, -0.25) is 0 Å². The number of hydrogen-bond acceptors (Lipinski definition) is 2. The molecule has 1 rings (SSSR count). The lowest BCUT2D eigenvalue weighted by Gasteiger charge is -2.13. The van der Waals surface area contributed by atoms with Crippen molar-refractivity contribution in [1.29, 1.82) is 0 Å². The molecular formula is C8H12N2. The molecule has 0 saturated carbocycles. The molecule has 0 amide bonds. The molecule has 0 fully saturated rings. The zero-order valence-electron chi connectivity index (χ0n) is 6.20. The summed E-state index contributed by atoms with van der Waals surface area (Å²) in [5, 5.41) is 0. The zero-order chi connectivity index (χ0) is 7.40. The number of allylic oxidation sites excluding steroid dienone is 1. The van der Waals surface area contributed by atoms with Crippen LogP contribution in [0.5, 0.6) is 0 Å². The van der Waals surface area contributed by atoms with E-state index in [1.165, 1.54) is 0 Å². The van der Waals surface area contributed by atoms with E-state index in [1.807, 2.05) is 36.5 Å². The largest absolute Gasteiger partial charge is 0.335 e. The Hall–Kier alpha value is -1.18. The van der Waals surface area contributed by atoms with Crippen molar-refractivity contribution in [1.82, 2.24) is 9.80 Å². The summed E-state index contributed by atoms with van der Waals surface area (Å²) in [6, 6.07) is 0. The van der Waals surface area contributed by atoms with Gasteiger partial charge in [-0.25, -0.2) is 0 Å². The van der Waals surface area contributed by atoms with E-state index >= 15 is 0 Å². The van der Waals surface area contributed by atoms with E-state index < -0.39 is 0 Å². The quantitative estimate of drug-likeness (QED) is 0.570. The summed E-state index contributed by atoms with van der Waals surface area (Å²) in [4.78, 5) is 4.10. The van der Waals surface area contributed by atoms with E-state index in [0.717, 1.165) is 6.67 Å². The Balaban J connectivity index is 2.44. The minimum atomic E-state index is 0.883.